The number of nitrogen functional groups attached to an aromatic ring is 2. The lowest BCUT2D eigenvalue weighted by atomic mass is 10.0. The van der Waals surface area contributed by atoms with Gasteiger partial charge in [0.25, 0.3) is 0 Å². The number of benzene rings is 2. The Morgan fingerprint density at radius 1 is 0.824 bits per heavy atom. The van der Waals surface area contributed by atoms with Crippen LogP contribution in [-0.4, -0.2) is 0 Å². The first kappa shape index (κ1) is 11.3. The molecule has 0 atom stereocenters. The molecule has 0 heterocycles. The second kappa shape index (κ2) is 4.01. The van der Waals surface area contributed by atoms with E-state index < -0.39 is 17.5 Å². The van der Waals surface area contributed by atoms with Crippen molar-refractivity contribution in [3.63, 3.8) is 0 Å². The lowest BCUT2D eigenvalue weighted by Gasteiger charge is -2.08. The Bertz CT molecular complexity index is 559. The number of anilines is 2. The molecular formula is C12H9F3N2. The summed E-state index contributed by atoms with van der Waals surface area (Å²) < 4.78 is 38.9. The van der Waals surface area contributed by atoms with E-state index in [-0.39, 0.29) is 5.56 Å². The SMILES string of the molecule is Nc1ccc(N)c(-c2cc(F)c(F)c(F)c2)c1. The van der Waals surface area contributed by atoms with Crippen LogP contribution in [0.4, 0.5) is 24.5 Å². The van der Waals surface area contributed by atoms with E-state index in [2.05, 4.69) is 0 Å². The molecule has 2 aromatic carbocycles. The second-order valence-corrected chi connectivity index (χ2v) is 3.60. The van der Waals surface area contributed by atoms with Gasteiger partial charge in [-0.3, -0.25) is 0 Å². The Balaban J connectivity index is 2.64. The lowest BCUT2D eigenvalue weighted by Crippen LogP contribution is -1.96. The lowest BCUT2D eigenvalue weighted by molar-refractivity contribution is 0.448. The van der Waals surface area contributed by atoms with E-state index in [1.807, 2.05) is 0 Å². The maximum atomic E-state index is 13.1. The Morgan fingerprint density at radius 3 is 2.00 bits per heavy atom. The van der Waals surface area contributed by atoms with Crippen molar-refractivity contribution >= 4 is 11.4 Å². The van der Waals surface area contributed by atoms with Gasteiger partial charge >= 0.3 is 0 Å². The minimum Gasteiger partial charge on any atom is -0.399 e. The number of halogens is 3. The molecule has 0 aromatic heterocycles. The van der Waals surface area contributed by atoms with E-state index in [0.29, 0.717) is 16.9 Å². The highest BCUT2D eigenvalue weighted by Gasteiger charge is 2.13. The van der Waals surface area contributed by atoms with E-state index in [1.54, 1.807) is 6.07 Å². The summed E-state index contributed by atoms with van der Waals surface area (Å²) in [5.41, 5.74) is 12.4. The smallest absolute Gasteiger partial charge is 0.194 e. The number of hydrogen-bond acceptors (Lipinski definition) is 2. The van der Waals surface area contributed by atoms with Crippen molar-refractivity contribution in [2.75, 3.05) is 11.5 Å². The van der Waals surface area contributed by atoms with Gasteiger partial charge in [-0.2, -0.15) is 0 Å². The molecule has 2 rings (SSSR count). The molecule has 0 spiro atoms. The fourth-order valence-electron chi connectivity index (χ4n) is 1.53. The van der Waals surface area contributed by atoms with Crippen LogP contribution >= 0.6 is 0 Å². The van der Waals surface area contributed by atoms with Gasteiger partial charge in [-0.15, -0.1) is 0 Å². The Kier molecular flexibility index (Phi) is 2.67. The van der Waals surface area contributed by atoms with E-state index in [0.717, 1.165) is 12.1 Å². The van der Waals surface area contributed by atoms with E-state index in [4.69, 9.17) is 11.5 Å². The summed E-state index contributed by atoms with van der Waals surface area (Å²) in [6, 6.07) is 6.31. The van der Waals surface area contributed by atoms with Crippen LogP contribution in [0.15, 0.2) is 30.3 Å². The third-order valence-electron chi connectivity index (χ3n) is 2.37. The molecule has 0 aliphatic heterocycles. The zero-order valence-corrected chi connectivity index (χ0v) is 8.68. The predicted octanol–water partition coefficient (Wildman–Crippen LogP) is 2.94. The molecular weight excluding hydrogens is 229 g/mol. The summed E-state index contributed by atoms with van der Waals surface area (Å²) in [5.74, 6) is -4.03. The first-order chi connectivity index (χ1) is 7.99. The summed E-state index contributed by atoms with van der Waals surface area (Å²) in [4.78, 5) is 0. The molecule has 5 heteroatoms. The van der Waals surface area contributed by atoms with Crippen LogP contribution in [0, 0.1) is 17.5 Å². The largest absolute Gasteiger partial charge is 0.399 e. The Hall–Kier alpha value is -2.17. The maximum absolute atomic E-state index is 13.1. The van der Waals surface area contributed by atoms with Crippen LogP contribution in [0.25, 0.3) is 11.1 Å². The first-order valence-electron chi connectivity index (χ1n) is 4.79. The van der Waals surface area contributed by atoms with Gasteiger partial charge in [0.1, 0.15) is 0 Å². The van der Waals surface area contributed by atoms with E-state index >= 15 is 0 Å². The summed E-state index contributed by atoms with van der Waals surface area (Å²) in [7, 11) is 0. The summed E-state index contributed by atoms with van der Waals surface area (Å²) in [5, 5.41) is 0. The third kappa shape index (κ3) is 2.04. The van der Waals surface area contributed by atoms with Crippen LogP contribution in [0.1, 0.15) is 0 Å². The topological polar surface area (TPSA) is 52.0 Å². The van der Waals surface area contributed by atoms with Crippen LogP contribution in [0.5, 0.6) is 0 Å². The van der Waals surface area contributed by atoms with Crippen LogP contribution in [0.3, 0.4) is 0 Å². The molecule has 0 radical (unpaired) electrons. The normalized spacial score (nSPS) is 10.5. The zero-order valence-electron chi connectivity index (χ0n) is 8.68. The molecule has 0 saturated carbocycles. The molecule has 0 aliphatic carbocycles. The Labute approximate surface area is 95.7 Å². The van der Waals surface area contributed by atoms with Crippen molar-refractivity contribution in [3.05, 3.63) is 47.8 Å². The predicted molar refractivity (Wildman–Crippen MR) is 60.6 cm³/mol. The van der Waals surface area contributed by atoms with Gasteiger partial charge in [-0.25, -0.2) is 13.2 Å². The number of hydrogen-bond donors (Lipinski definition) is 2. The molecule has 2 aromatic rings. The molecule has 0 aliphatic rings. The van der Waals surface area contributed by atoms with Gasteiger partial charge in [0, 0.05) is 16.9 Å². The quantitative estimate of drug-likeness (QED) is 0.592. The highest BCUT2D eigenvalue weighted by Crippen LogP contribution is 2.29. The van der Waals surface area contributed by atoms with Crippen LogP contribution in [0.2, 0.25) is 0 Å². The van der Waals surface area contributed by atoms with Crippen molar-refractivity contribution in [3.8, 4) is 11.1 Å². The summed E-state index contributed by atoms with van der Waals surface area (Å²) in [6.45, 7) is 0. The average Bonchev–Trinajstić information content (AvgIpc) is 2.28. The summed E-state index contributed by atoms with van der Waals surface area (Å²) >= 11 is 0. The minimum atomic E-state index is -1.50. The van der Waals surface area contributed by atoms with Gasteiger partial charge in [-0.05, 0) is 35.9 Å². The van der Waals surface area contributed by atoms with Crippen LogP contribution in [-0.2, 0) is 0 Å². The van der Waals surface area contributed by atoms with Crippen molar-refractivity contribution in [2.45, 2.75) is 0 Å². The van der Waals surface area contributed by atoms with Gasteiger partial charge in [-0.1, -0.05) is 0 Å². The molecule has 0 amide bonds. The van der Waals surface area contributed by atoms with Gasteiger partial charge in [0.15, 0.2) is 17.5 Å². The fraction of sp³-hybridized carbons (Fsp3) is 0. The van der Waals surface area contributed by atoms with E-state index in [9.17, 15) is 13.2 Å². The van der Waals surface area contributed by atoms with Crippen molar-refractivity contribution < 1.29 is 13.2 Å². The van der Waals surface area contributed by atoms with Crippen molar-refractivity contribution in [1.29, 1.82) is 0 Å². The molecule has 0 bridgehead atoms. The molecule has 0 saturated heterocycles. The molecule has 4 N–H and O–H groups in total. The molecule has 2 nitrogen and oxygen atoms in total. The fourth-order valence-corrected chi connectivity index (χ4v) is 1.53. The monoisotopic (exact) mass is 238 g/mol. The standard InChI is InChI=1S/C12H9F3N2/c13-9-3-6(4-10(14)12(9)15)8-5-7(16)1-2-11(8)17/h1-5H,16-17H2. The maximum Gasteiger partial charge on any atom is 0.194 e. The van der Waals surface area contributed by atoms with Gasteiger partial charge in [0.2, 0.25) is 0 Å². The summed E-state index contributed by atoms with van der Waals surface area (Å²) in [6.07, 6.45) is 0. The molecule has 88 valence electrons. The highest BCUT2D eigenvalue weighted by molar-refractivity contribution is 5.79. The van der Waals surface area contributed by atoms with Crippen LogP contribution < -0.4 is 11.5 Å². The zero-order chi connectivity index (χ0) is 12.6. The second-order valence-electron chi connectivity index (χ2n) is 3.60. The number of rotatable bonds is 1. The molecule has 17 heavy (non-hydrogen) atoms. The molecule has 0 unspecified atom stereocenters. The molecule has 0 fully saturated rings. The average molecular weight is 238 g/mol. The van der Waals surface area contributed by atoms with Gasteiger partial charge in [0.05, 0.1) is 0 Å². The number of nitrogens with two attached hydrogens (primary N) is 2. The van der Waals surface area contributed by atoms with Gasteiger partial charge < -0.3 is 11.5 Å². The highest BCUT2D eigenvalue weighted by atomic mass is 19.2. The minimum absolute atomic E-state index is 0.145. The Morgan fingerprint density at radius 2 is 1.41 bits per heavy atom. The van der Waals surface area contributed by atoms with Crippen molar-refractivity contribution in [1.82, 2.24) is 0 Å². The third-order valence-corrected chi connectivity index (χ3v) is 2.37. The van der Waals surface area contributed by atoms with Crippen molar-refractivity contribution in [2.24, 2.45) is 0 Å². The van der Waals surface area contributed by atoms with E-state index in [1.165, 1.54) is 12.1 Å². The first-order valence-corrected chi connectivity index (χ1v) is 4.79.